The normalized spacial score (nSPS) is 11.1. The largest absolute Gasteiger partial charge is 0.301 e. The van der Waals surface area contributed by atoms with Gasteiger partial charge in [0, 0.05) is 5.39 Å². The summed E-state index contributed by atoms with van der Waals surface area (Å²) >= 11 is 6.72. The lowest BCUT2D eigenvalue weighted by molar-refractivity contribution is 1.51. The highest BCUT2D eigenvalue weighted by Crippen LogP contribution is 2.27. The predicted octanol–water partition coefficient (Wildman–Crippen LogP) is 4.11. The van der Waals surface area contributed by atoms with Crippen molar-refractivity contribution >= 4 is 44.6 Å². The molecule has 0 aliphatic carbocycles. The molecular weight excluding hydrogens is 210 g/mol. The molecule has 1 nitrogen and oxygen atoms in total. The summed E-state index contributed by atoms with van der Waals surface area (Å²) in [7, 11) is 0. The smallest absolute Gasteiger partial charge is 0.113 e. The van der Waals surface area contributed by atoms with E-state index in [4.69, 9.17) is 12.2 Å². The minimum absolute atomic E-state index is 0.802. The van der Waals surface area contributed by atoms with Gasteiger partial charge in [-0.05, 0) is 22.9 Å². The van der Waals surface area contributed by atoms with Crippen molar-refractivity contribution in [2.24, 2.45) is 0 Å². The molecule has 14 heavy (non-hydrogen) atoms. The molecule has 0 bridgehead atoms. The zero-order valence-corrected chi connectivity index (χ0v) is 8.91. The van der Waals surface area contributed by atoms with E-state index in [0.717, 1.165) is 4.64 Å². The van der Waals surface area contributed by atoms with Crippen molar-refractivity contribution in [1.82, 2.24) is 4.37 Å². The number of nitrogens with one attached hydrogen (secondary N) is 1. The molecule has 0 saturated carbocycles. The number of aromatic amines is 1. The van der Waals surface area contributed by atoms with E-state index in [1.165, 1.54) is 20.9 Å². The molecule has 0 fully saturated rings. The fraction of sp³-hybridized carbons (Fsp3) is 0. The Bertz CT molecular complexity index is 663. The topological polar surface area (TPSA) is 15.8 Å². The van der Waals surface area contributed by atoms with Gasteiger partial charge in [-0.2, -0.15) is 0 Å². The molecule has 3 rings (SSSR count). The molecule has 0 aliphatic rings. The highest BCUT2D eigenvalue weighted by Gasteiger charge is 2.00. The highest BCUT2D eigenvalue weighted by molar-refractivity contribution is 7.71. The van der Waals surface area contributed by atoms with Crippen LogP contribution in [0.1, 0.15) is 0 Å². The number of fused-ring (bicyclic) bond motifs is 3. The number of aromatic nitrogens is 1. The van der Waals surface area contributed by atoms with E-state index in [1.54, 1.807) is 11.5 Å². The van der Waals surface area contributed by atoms with Gasteiger partial charge in [0.25, 0.3) is 0 Å². The molecule has 1 N–H and O–H groups in total. The van der Waals surface area contributed by atoms with Gasteiger partial charge in [0.2, 0.25) is 0 Å². The van der Waals surface area contributed by atoms with Gasteiger partial charge in [-0.1, -0.05) is 48.0 Å². The Morgan fingerprint density at radius 3 is 2.93 bits per heavy atom. The summed E-state index contributed by atoms with van der Waals surface area (Å²) in [5.74, 6) is 0. The average Bonchev–Trinajstić information content (AvgIpc) is 2.65. The van der Waals surface area contributed by atoms with Gasteiger partial charge in [-0.15, -0.1) is 0 Å². The van der Waals surface area contributed by atoms with E-state index in [1.807, 2.05) is 6.07 Å². The quantitative estimate of drug-likeness (QED) is 0.560. The van der Waals surface area contributed by atoms with E-state index in [0.29, 0.717) is 0 Å². The third-order valence-electron chi connectivity index (χ3n) is 2.36. The number of rotatable bonds is 0. The third-order valence-corrected chi connectivity index (χ3v) is 3.60. The first kappa shape index (κ1) is 8.15. The molecule has 0 saturated heterocycles. The van der Waals surface area contributed by atoms with Crippen molar-refractivity contribution in [2.45, 2.75) is 0 Å². The van der Waals surface area contributed by atoms with Gasteiger partial charge in [0.15, 0.2) is 0 Å². The molecule has 0 amide bonds. The molecule has 0 radical (unpaired) electrons. The van der Waals surface area contributed by atoms with Crippen LogP contribution < -0.4 is 0 Å². The van der Waals surface area contributed by atoms with E-state index >= 15 is 0 Å². The van der Waals surface area contributed by atoms with E-state index in [-0.39, 0.29) is 0 Å². The van der Waals surface area contributed by atoms with Crippen LogP contribution >= 0.6 is 23.8 Å². The van der Waals surface area contributed by atoms with Crippen LogP contribution in [0.3, 0.4) is 0 Å². The number of hydrogen-bond acceptors (Lipinski definition) is 2. The van der Waals surface area contributed by atoms with Crippen LogP contribution in [-0.2, 0) is 0 Å². The summed E-state index contributed by atoms with van der Waals surface area (Å²) < 4.78 is 5.14. The summed E-state index contributed by atoms with van der Waals surface area (Å²) in [4.78, 5) is 0. The molecule has 1 aromatic heterocycles. The Morgan fingerprint density at radius 2 is 2.00 bits per heavy atom. The Kier molecular flexibility index (Phi) is 1.69. The fourth-order valence-electron chi connectivity index (χ4n) is 1.72. The third kappa shape index (κ3) is 1.10. The second-order valence-corrected chi connectivity index (χ2v) is 4.51. The van der Waals surface area contributed by atoms with Crippen molar-refractivity contribution in [2.75, 3.05) is 0 Å². The summed E-state index contributed by atoms with van der Waals surface area (Å²) in [6, 6.07) is 12.6. The van der Waals surface area contributed by atoms with Gasteiger partial charge in [0.1, 0.15) is 4.64 Å². The second-order valence-electron chi connectivity index (χ2n) is 3.22. The lowest BCUT2D eigenvalue weighted by Gasteiger charge is -1.98. The number of hydrogen-bond donors (Lipinski definition) is 1. The van der Waals surface area contributed by atoms with Crippen molar-refractivity contribution in [3.63, 3.8) is 0 Å². The van der Waals surface area contributed by atoms with Crippen LogP contribution in [0.5, 0.6) is 0 Å². The molecular formula is C11H7NS2. The molecule has 2 aromatic carbocycles. The van der Waals surface area contributed by atoms with Crippen molar-refractivity contribution in [1.29, 1.82) is 0 Å². The van der Waals surface area contributed by atoms with Crippen LogP contribution in [0.25, 0.3) is 20.9 Å². The number of H-pyrrole nitrogens is 1. The Labute approximate surface area is 90.2 Å². The number of benzene rings is 1. The van der Waals surface area contributed by atoms with Crippen LogP contribution in [0.15, 0.2) is 36.4 Å². The van der Waals surface area contributed by atoms with Crippen LogP contribution in [0.4, 0.5) is 0 Å². The first-order chi connectivity index (χ1) is 6.84. The predicted molar refractivity (Wildman–Crippen MR) is 64.5 cm³/mol. The average molecular weight is 217 g/mol. The summed E-state index contributed by atoms with van der Waals surface area (Å²) in [6.45, 7) is 0. The van der Waals surface area contributed by atoms with Crippen molar-refractivity contribution in [3.8, 4) is 0 Å². The van der Waals surface area contributed by atoms with E-state index in [9.17, 15) is 0 Å². The monoisotopic (exact) mass is 217 g/mol. The Hall–Kier alpha value is -1.19. The van der Waals surface area contributed by atoms with E-state index < -0.39 is 0 Å². The lowest BCUT2D eigenvalue weighted by atomic mass is 10.1. The molecule has 3 aromatic rings. The second kappa shape index (κ2) is 2.90. The molecule has 1 heterocycles. The standard InChI is InChI=1S/C11H7NS2/c13-11-6-9-8-3-1-2-7(8)4-5-10(9)14-12-11/h1-6H,(H,12,13). The summed E-state index contributed by atoms with van der Waals surface area (Å²) in [5, 5.41) is 3.82. The maximum absolute atomic E-state index is 5.13. The van der Waals surface area contributed by atoms with Crippen LogP contribution in [0.2, 0.25) is 0 Å². The van der Waals surface area contributed by atoms with Gasteiger partial charge in [-0.25, -0.2) is 0 Å². The first-order valence-electron chi connectivity index (χ1n) is 4.34. The van der Waals surface area contributed by atoms with Crippen LogP contribution in [-0.4, -0.2) is 4.37 Å². The summed E-state index contributed by atoms with van der Waals surface area (Å²) in [5.41, 5.74) is 0. The molecule has 0 aliphatic heterocycles. The molecule has 68 valence electrons. The first-order valence-corrected chi connectivity index (χ1v) is 5.57. The van der Waals surface area contributed by atoms with Crippen molar-refractivity contribution in [3.05, 3.63) is 41.0 Å². The SMILES string of the molecule is S=c1cc2c(ccc3cccc32)s[nH]1. The van der Waals surface area contributed by atoms with Gasteiger partial charge in [0.05, 0.1) is 4.70 Å². The Morgan fingerprint density at radius 1 is 1.07 bits per heavy atom. The zero-order chi connectivity index (χ0) is 9.54. The van der Waals surface area contributed by atoms with Gasteiger partial charge >= 0.3 is 0 Å². The fourth-order valence-corrected chi connectivity index (χ4v) is 2.64. The van der Waals surface area contributed by atoms with E-state index in [2.05, 4.69) is 34.7 Å². The van der Waals surface area contributed by atoms with Gasteiger partial charge in [-0.3, -0.25) is 0 Å². The maximum atomic E-state index is 5.13. The lowest BCUT2D eigenvalue weighted by Crippen LogP contribution is -1.73. The van der Waals surface area contributed by atoms with Crippen molar-refractivity contribution < 1.29 is 0 Å². The molecule has 0 atom stereocenters. The Balaban J connectivity index is 2.66. The maximum Gasteiger partial charge on any atom is 0.113 e. The molecule has 0 spiro atoms. The zero-order valence-electron chi connectivity index (χ0n) is 7.28. The summed E-state index contributed by atoms with van der Waals surface area (Å²) in [6.07, 6.45) is 0. The highest BCUT2D eigenvalue weighted by atomic mass is 32.1. The minimum atomic E-state index is 0.802. The minimum Gasteiger partial charge on any atom is -0.301 e. The molecule has 0 unspecified atom stereocenters. The van der Waals surface area contributed by atoms with Crippen LogP contribution in [0, 0.1) is 4.64 Å². The van der Waals surface area contributed by atoms with Gasteiger partial charge < -0.3 is 4.37 Å². The molecule has 3 heteroatoms.